The third-order valence-electron chi connectivity index (χ3n) is 1.88. The van der Waals surface area contributed by atoms with Gasteiger partial charge >= 0.3 is 0 Å². The molecule has 0 unspecified atom stereocenters. The number of nitrogens with zero attached hydrogens (tertiary/aromatic N) is 2. The van der Waals surface area contributed by atoms with E-state index in [1.807, 2.05) is 30.3 Å². The molecule has 0 aliphatic heterocycles. The van der Waals surface area contributed by atoms with Gasteiger partial charge in [0.2, 0.25) is 0 Å². The summed E-state index contributed by atoms with van der Waals surface area (Å²) in [6.07, 6.45) is 3.10. The topological polar surface area (TPSA) is 45.5 Å². The van der Waals surface area contributed by atoms with Crippen molar-refractivity contribution in [2.45, 2.75) is 0 Å². The first-order valence-electron chi connectivity index (χ1n) is 3.93. The van der Waals surface area contributed by atoms with Gasteiger partial charge in [-0.05, 0) is 12.1 Å². The van der Waals surface area contributed by atoms with Crippen LogP contribution in [0.2, 0.25) is 0 Å². The second kappa shape index (κ2) is 4.58. The lowest BCUT2D eigenvalue weighted by Crippen LogP contribution is -1.86. The number of fused-ring (bicyclic) bond motifs is 1. The molecule has 2 aromatic rings. The fraction of sp³-hybridized carbons (Fsp3) is 0. The fourth-order valence-electron chi connectivity index (χ4n) is 1.29. The maximum Gasteiger partial charge on any atom is 0.0741 e. The largest absolute Gasteiger partial charge is 0.411 e. The van der Waals surface area contributed by atoms with Crippen LogP contribution in [0.15, 0.2) is 41.7 Å². The summed E-state index contributed by atoms with van der Waals surface area (Å²) in [7, 11) is 0. The van der Waals surface area contributed by atoms with E-state index in [4.69, 9.17) is 5.21 Å². The van der Waals surface area contributed by atoms with Crippen molar-refractivity contribution >= 4 is 29.5 Å². The summed E-state index contributed by atoms with van der Waals surface area (Å²) in [5.74, 6) is 0. The predicted octanol–water partition coefficient (Wildman–Crippen LogP) is 2.46. The van der Waals surface area contributed by atoms with E-state index in [9.17, 15) is 0 Å². The molecule has 0 atom stereocenters. The maximum atomic E-state index is 8.43. The minimum Gasteiger partial charge on any atom is -0.411 e. The number of hydrogen-bond donors (Lipinski definition) is 1. The highest BCUT2D eigenvalue weighted by molar-refractivity contribution is 5.97. The molecule has 1 aromatic carbocycles. The zero-order valence-electron chi connectivity index (χ0n) is 7.29. The molecule has 4 heteroatoms. The van der Waals surface area contributed by atoms with E-state index in [0.717, 1.165) is 16.5 Å². The SMILES string of the molecule is Cl.O/N=C/c1ccnc2ccccc12. The highest BCUT2D eigenvalue weighted by Crippen LogP contribution is 2.13. The fourth-order valence-corrected chi connectivity index (χ4v) is 1.29. The third kappa shape index (κ3) is 1.83. The first-order chi connectivity index (χ1) is 6.42. The van der Waals surface area contributed by atoms with Gasteiger partial charge in [-0.2, -0.15) is 0 Å². The van der Waals surface area contributed by atoms with Gasteiger partial charge in [-0.15, -0.1) is 12.4 Å². The molecule has 0 spiro atoms. The van der Waals surface area contributed by atoms with Gasteiger partial charge in [-0.3, -0.25) is 4.98 Å². The monoisotopic (exact) mass is 208 g/mol. The Morgan fingerprint density at radius 3 is 2.79 bits per heavy atom. The zero-order valence-corrected chi connectivity index (χ0v) is 8.11. The lowest BCUT2D eigenvalue weighted by atomic mass is 10.1. The molecule has 0 aliphatic rings. The molecule has 2 rings (SSSR count). The van der Waals surface area contributed by atoms with E-state index >= 15 is 0 Å². The third-order valence-corrected chi connectivity index (χ3v) is 1.88. The summed E-state index contributed by atoms with van der Waals surface area (Å²) in [6.45, 7) is 0. The molecule has 0 saturated heterocycles. The van der Waals surface area contributed by atoms with Crippen LogP contribution < -0.4 is 0 Å². The van der Waals surface area contributed by atoms with Gasteiger partial charge in [0, 0.05) is 17.1 Å². The van der Waals surface area contributed by atoms with Crippen LogP contribution in [-0.4, -0.2) is 16.4 Å². The first kappa shape index (κ1) is 10.5. The van der Waals surface area contributed by atoms with Crippen molar-refractivity contribution in [2.75, 3.05) is 0 Å². The predicted molar refractivity (Wildman–Crippen MR) is 58.4 cm³/mol. The molecule has 72 valence electrons. The number of hydrogen-bond acceptors (Lipinski definition) is 3. The van der Waals surface area contributed by atoms with E-state index < -0.39 is 0 Å². The Morgan fingerprint density at radius 2 is 2.00 bits per heavy atom. The van der Waals surface area contributed by atoms with Crippen LogP contribution >= 0.6 is 12.4 Å². The zero-order chi connectivity index (χ0) is 9.10. The second-order valence-electron chi connectivity index (χ2n) is 2.66. The summed E-state index contributed by atoms with van der Waals surface area (Å²) >= 11 is 0. The van der Waals surface area contributed by atoms with Gasteiger partial charge in [0.15, 0.2) is 0 Å². The summed E-state index contributed by atoms with van der Waals surface area (Å²) in [4.78, 5) is 4.18. The van der Waals surface area contributed by atoms with Crippen LogP contribution in [0.25, 0.3) is 10.9 Å². The highest BCUT2D eigenvalue weighted by atomic mass is 35.5. The molecule has 0 fully saturated rings. The Balaban J connectivity index is 0.000000980. The van der Waals surface area contributed by atoms with Gasteiger partial charge in [-0.1, -0.05) is 23.4 Å². The molecule has 3 nitrogen and oxygen atoms in total. The van der Waals surface area contributed by atoms with Crippen LogP contribution in [0.5, 0.6) is 0 Å². The van der Waals surface area contributed by atoms with Gasteiger partial charge in [0.05, 0.1) is 11.7 Å². The number of benzene rings is 1. The first-order valence-corrected chi connectivity index (χ1v) is 3.93. The van der Waals surface area contributed by atoms with Crippen molar-refractivity contribution < 1.29 is 5.21 Å². The maximum absolute atomic E-state index is 8.43. The quantitative estimate of drug-likeness (QED) is 0.445. The minimum absolute atomic E-state index is 0. The molecular weight excluding hydrogens is 200 g/mol. The number of rotatable bonds is 1. The summed E-state index contributed by atoms with van der Waals surface area (Å²) < 4.78 is 0. The minimum atomic E-state index is 0. The summed E-state index contributed by atoms with van der Waals surface area (Å²) in [6, 6.07) is 9.53. The number of para-hydroxylation sites is 1. The molecule has 1 heterocycles. The van der Waals surface area contributed by atoms with Crippen molar-refractivity contribution in [3.8, 4) is 0 Å². The summed E-state index contributed by atoms with van der Waals surface area (Å²) in [5.41, 5.74) is 1.77. The highest BCUT2D eigenvalue weighted by Gasteiger charge is 1.97. The molecule has 14 heavy (non-hydrogen) atoms. The van der Waals surface area contributed by atoms with Crippen LogP contribution in [0.3, 0.4) is 0 Å². The Bertz CT molecular complexity index is 451. The number of halogens is 1. The standard InChI is InChI=1S/C10H8N2O.ClH/c13-12-7-8-5-6-11-10-4-2-1-3-9(8)10;/h1-7,13H;1H/b12-7+;. The second-order valence-corrected chi connectivity index (χ2v) is 2.66. The lowest BCUT2D eigenvalue weighted by molar-refractivity contribution is 0.322. The molecule has 1 aromatic heterocycles. The normalized spacial score (nSPS) is 10.3. The molecular formula is C10H9ClN2O. The average Bonchev–Trinajstić information content (AvgIpc) is 2.19. The Labute approximate surface area is 87.5 Å². The van der Waals surface area contributed by atoms with Crippen molar-refractivity contribution in [3.05, 3.63) is 42.1 Å². The van der Waals surface area contributed by atoms with Gasteiger partial charge in [-0.25, -0.2) is 0 Å². The number of oxime groups is 1. The smallest absolute Gasteiger partial charge is 0.0741 e. The van der Waals surface area contributed by atoms with E-state index in [0.29, 0.717) is 0 Å². The molecule has 0 amide bonds. The molecule has 0 aliphatic carbocycles. The van der Waals surface area contributed by atoms with Crippen LogP contribution in [0, 0.1) is 0 Å². The Morgan fingerprint density at radius 1 is 1.21 bits per heavy atom. The van der Waals surface area contributed by atoms with Crippen molar-refractivity contribution in [2.24, 2.45) is 5.16 Å². The van der Waals surface area contributed by atoms with Gasteiger partial charge in [0.25, 0.3) is 0 Å². The number of pyridine rings is 1. The van der Waals surface area contributed by atoms with E-state index in [2.05, 4.69) is 10.1 Å². The average molecular weight is 209 g/mol. The Hall–Kier alpha value is -1.61. The van der Waals surface area contributed by atoms with Crippen LogP contribution in [0.1, 0.15) is 5.56 Å². The van der Waals surface area contributed by atoms with Crippen LogP contribution in [-0.2, 0) is 0 Å². The van der Waals surface area contributed by atoms with Gasteiger partial charge in [0.1, 0.15) is 0 Å². The molecule has 1 N–H and O–H groups in total. The van der Waals surface area contributed by atoms with Gasteiger partial charge < -0.3 is 5.21 Å². The lowest BCUT2D eigenvalue weighted by Gasteiger charge is -1.98. The van der Waals surface area contributed by atoms with E-state index in [-0.39, 0.29) is 12.4 Å². The molecule has 0 radical (unpaired) electrons. The van der Waals surface area contributed by atoms with Crippen molar-refractivity contribution in [1.82, 2.24) is 4.98 Å². The number of aromatic nitrogens is 1. The van der Waals surface area contributed by atoms with E-state index in [1.54, 1.807) is 6.20 Å². The summed E-state index contributed by atoms with van der Waals surface area (Å²) in [5, 5.41) is 12.4. The molecule has 0 bridgehead atoms. The Kier molecular flexibility index (Phi) is 3.42. The van der Waals surface area contributed by atoms with Crippen LogP contribution in [0.4, 0.5) is 0 Å². The van der Waals surface area contributed by atoms with Crippen molar-refractivity contribution in [3.63, 3.8) is 0 Å². The van der Waals surface area contributed by atoms with Crippen molar-refractivity contribution in [1.29, 1.82) is 0 Å². The van der Waals surface area contributed by atoms with E-state index in [1.165, 1.54) is 6.21 Å². The molecule has 0 saturated carbocycles.